The van der Waals surface area contributed by atoms with Crippen LogP contribution < -0.4 is 16.1 Å². The standard InChI is InChI=1S/C35H36N4O5/c1-3-8-30-29(21-23-11-13-24(14-12-23)27-9-5-6-10-28(27)32-37-34(42)44-38-32)33(41)39(31(4-2)36-30)25-15-17-26(18-16-25)43-35(22-40)19-7-20-35/h5-6,9-18,40H,3-4,7-8,19-22H2,1-2H3,(H,37,38,42). The van der Waals surface area contributed by atoms with Gasteiger partial charge in [-0.1, -0.05) is 74.0 Å². The van der Waals surface area contributed by atoms with E-state index in [2.05, 4.69) is 17.1 Å². The average molecular weight is 593 g/mol. The van der Waals surface area contributed by atoms with Crippen molar-refractivity contribution < 1.29 is 14.4 Å². The zero-order valence-corrected chi connectivity index (χ0v) is 25.0. The third kappa shape index (κ3) is 5.75. The lowest BCUT2D eigenvalue weighted by Gasteiger charge is -2.40. The maximum absolute atomic E-state index is 14.2. The first-order valence-electron chi connectivity index (χ1n) is 15.2. The van der Waals surface area contributed by atoms with Crippen LogP contribution in [0.15, 0.2) is 86.9 Å². The molecule has 9 nitrogen and oxygen atoms in total. The molecule has 2 aromatic heterocycles. The van der Waals surface area contributed by atoms with E-state index in [0.717, 1.165) is 71.6 Å². The number of nitrogens with one attached hydrogen (secondary N) is 1. The second-order valence-corrected chi connectivity index (χ2v) is 11.4. The molecule has 1 aliphatic carbocycles. The van der Waals surface area contributed by atoms with Crippen molar-refractivity contribution in [1.82, 2.24) is 19.7 Å². The molecule has 5 aromatic rings. The molecule has 2 N–H and O–H groups in total. The Morgan fingerprint density at radius 2 is 1.70 bits per heavy atom. The van der Waals surface area contributed by atoms with Crippen molar-refractivity contribution in [2.24, 2.45) is 0 Å². The fourth-order valence-corrected chi connectivity index (χ4v) is 5.84. The Kier molecular flexibility index (Phi) is 8.30. The van der Waals surface area contributed by atoms with Crippen LogP contribution in [0, 0.1) is 0 Å². The first kappa shape index (κ1) is 29.3. The molecule has 1 saturated carbocycles. The van der Waals surface area contributed by atoms with Gasteiger partial charge in [0.25, 0.3) is 5.56 Å². The Balaban J connectivity index is 1.32. The van der Waals surface area contributed by atoms with E-state index < -0.39 is 11.4 Å². The Hall–Kier alpha value is -4.76. The largest absolute Gasteiger partial charge is 0.485 e. The highest BCUT2D eigenvalue weighted by atomic mass is 16.5. The van der Waals surface area contributed by atoms with Crippen molar-refractivity contribution >= 4 is 0 Å². The molecule has 0 bridgehead atoms. The van der Waals surface area contributed by atoms with Crippen molar-refractivity contribution in [3.05, 3.63) is 116 Å². The first-order chi connectivity index (χ1) is 21.4. The summed E-state index contributed by atoms with van der Waals surface area (Å²) < 4.78 is 12.6. The van der Waals surface area contributed by atoms with E-state index in [4.69, 9.17) is 14.2 Å². The first-order valence-corrected chi connectivity index (χ1v) is 15.2. The van der Waals surface area contributed by atoms with E-state index >= 15 is 0 Å². The summed E-state index contributed by atoms with van der Waals surface area (Å²) in [5.41, 5.74) is 5.31. The predicted octanol–water partition coefficient (Wildman–Crippen LogP) is 5.64. The van der Waals surface area contributed by atoms with Crippen LogP contribution in [0.5, 0.6) is 5.75 Å². The minimum Gasteiger partial charge on any atom is -0.485 e. The van der Waals surface area contributed by atoms with Crippen molar-refractivity contribution in [2.75, 3.05) is 6.61 Å². The van der Waals surface area contributed by atoms with Gasteiger partial charge in [-0.15, -0.1) is 0 Å². The van der Waals surface area contributed by atoms with Crippen LogP contribution in [0.2, 0.25) is 0 Å². The number of aliphatic hydroxyl groups excluding tert-OH is 1. The summed E-state index contributed by atoms with van der Waals surface area (Å²) in [7, 11) is 0. The van der Waals surface area contributed by atoms with E-state index in [9.17, 15) is 14.7 Å². The van der Waals surface area contributed by atoms with Gasteiger partial charge in [-0.2, -0.15) is 0 Å². The van der Waals surface area contributed by atoms with Gasteiger partial charge in [-0.3, -0.25) is 18.9 Å². The van der Waals surface area contributed by atoms with Gasteiger partial charge in [0.2, 0.25) is 0 Å². The van der Waals surface area contributed by atoms with Crippen molar-refractivity contribution in [1.29, 1.82) is 0 Å². The van der Waals surface area contributed by atoms with E-state index in [0.29, 0.717) is 30.0 Å². The number of ether oxygens (including phenoxy) is 1. The van der Waals surface area contributed by atoms with Crippen LogP contribution in [0.1, 0.15) is 62.2 Å². The van der Waals surface area contributed by atoms with Gasteiger partial charge in [0.15, 0.2) is 5.82 Å². The topological polar surface area (TPSA) is 123 Å². The maximum atomic E-state index is 14.2. The quantitative estimate of drug-likeness (QED) is 0.203. The van der Waals surface area contributed by atoms with Crippen LogP contribution in [-0.4, -0.2) is 37.0 Å². The maximum Gasteiger partial charge on any atom is 0.439 e. The zero-order valence-electron chi connectivity index (χ0n) is 25.0. The number of aromatic amines is 1. The van der Waals surface area contributed by atoms with Gasteiger partial charge in [0.05, 0.1) is 18.0 Å². The number of hydrogen-bond acceptors (Lipinski definition) is 7. The Labute approximate surface area is 255 Å². The highest BCUT2D eigenvalue weighted by molar-refractivity contribution is 5.80. The molecule has 2 heterocycles. The fourth-order valence-electron chi connectivity index (χ4n) is 5.84. The second-order valence-electron chi connectivity index (χ2n) is 11.4. The molecule has 1 fully saturated rings. The molecule has 0 aliphatic heterocycles. The van der Waals surface area contributed by atoms with Gasteiger partial charge in [-0.05, 0) is 66.6 Å². The van der Waals surface area contributed by atoms with E-state index in [1.54, 1.807) is 4.57 Å². The van der Waals surface area contributed by atoms with Crippen molar-refractivity contribution in [3.63, 3.8) is 0 Å². The minimum atomic E-state index is -0.602. The normalized spacial score (nSPS) is 13.9. The molecule has 226 valence electrons. The number of H-pyrrole nitrogens is 1. The number of aromatic nitrogens is 4. The SMILES string of the molecule is CCCc1nc(CC)n(-c2ccc(OC3(CO)CCC3)cc2)c(=O)c1Cc1ccc(-c2ccccc2-c2noc(=O)[nH]2)cc1. The Bertz CT molecular complexity index is 1860. The lowest BCUT2D eigenvalue weighted by Crippen LogP contribution is -2.46. The van der Waals surface area contributed by atoms with Crippen LogP contribution in [0.3, 0.4) is 0 Å². The molecule has 0 saturated heterocycles. The molecule has 0 radical (unpaired) electrons. The highest BCUT2D eigenvalue weighted by Gasteiger charge is 2.38. The number of hydrogen-bond donors (Lipinski definition) is 2. The number of rotatable bonds is 11. The van der Waals surface area contributed by atoms with Gasteiger partial charge in [-0.25, -0.2) is 9.78 Å². The molecule has 0 spiro atoms. The molecule has 6 rings (SSSR count). The van der Waals surface area contributed by atoms with E-state index in [1.165, 1.54) is 0 Å². The molecule has 1 aliphatic rings. The summed E-state index contributed by atoms with van der Waals surface area (Å²) in [4.78, 5) is 33.3. The van der Waals surface area contributed by atoms with Gasteiger partial charge in [0, 0.05) is 24.0 Å². The van der Waals surface area contributed by atoms with Crippen LogP contribution >= 0.6 is 0 Å². The number of nitrogens with zero attached hydrogens (tertiary/aromatic N) is 3. The number of benzene rings is 3. The van der Waals surface area contributed by atoms with Crippen molar-refractivity contribution in [3.8, 4) is 34.0 Å². The third-order valence-corrected chi connectivity index (χ3v) is 8.39. The average Bonchev–Trinajstić information content (AvgIpc) is 3.47. The Morgan fingerprint density at radius 3 is 2.30 bits per heavy atom. The Morgan fingerprint density at radius 1 is 0.977 bits per heavy atom. The predicted molar refractivity (Wildman–Crippen MR) is 168 cm³/mol. The third-order valence-electron chi connectivity index (χ3n) is 8.39. The highest BCUT2D eigenvalue weighted by Crippen LogP contribution is 2.36. The minimum absolute atomic E-state index is 0.00365. The molecule has 0 unspecified atom stereocenters. The number of aryl methyl sites for hydroxylation is 2. The fraction of sp³-hybridized carbons (Fsp3) is 0.314. The molecule has 9 heteroatoms. The zero-order chi connectivity index (χ0) is 30.7. The summed E-state index contributed by atoms with van der Waals surface area (Å²) >= 11 is 0. The summed E-state index contributed by atoms with van der Waals surface area (Å²) in [5, 5.41) is 13.6. The molecule has 44 heavy (non-hydrogen) atoms. The van der Waals surface area contributed by atoms with Gasteiger partial charge >= 0.3 is 5.76 Å². The molecule has 0 amide bonds. The summed E-state index contributed by atoms with van der Waals surface area (Å²) in [6.07, 6.45) is 5.39. The molecular weight excluding hydrogens is 556 g/mol. The summed E-state index contributed by atoms with van der Waals surface area (Å²) in [6.45, 7) is 4.10. The summed E-state index contributed by atoms with van der Waals surface area (Å²) in [5.74, 6) is 1.17. The molecule has 3 aromatic carbocycles. The van der Waals surface area contributed by atoms with Crippen molar-refractivity contribution in [2.45, 2.75) is 64.4 Å². The lowest BCUT2D eigenvalue weighted by molar-refractivity contribution is -0.0515. The lowest BCUT2D eigenvalue weighted by atomic mass is 9.80. The van der Waals surface area contributed by atoms with Gasteiger partial charge in [0.1, 0.15) is 17.2 Å². The number of aliphatic hydroxyl groups is 1. The molecular formula is C35H36N4O5. The second kappa shape index (κ2) is 12.5. The van der Waals surface area contributed by atoms with Gasteiger partial charge < -0.3 is 9.84 Å². The molecule has 0 atom stereocenters. The van der Waals surface area contributed by atoms with E-state index in [-0.39, 0.29) is 12.2 Å². The summed E-state index contributed by atoms with van der Waals surface area (Å²) in [6, 6.07) is 23.2. The monoisotopic (exact) mass is 592 g/mol. The van der Waals surface area contributed by atoms with Crippen LogP contribution in [0.25, 0.3) is 28.2 Å². The van der Waals surface area contributed by atoms with E-state index in [1.807, 2.05) is 79.7 Å². The van der Waals surface area contributed by atoms with Crippen LogP contribution in [-0.2, 0) is 19.3 Å². The smallest absolute Gasteiger partial charge is 0.439 e. The van der Waals surface area contributed by atoms with Crippen LogP contribution in [0.4, 0.5) is 0 Å².